The molecule has 0 aliphatic carbocycles. The van der Waals surface area contributed by atoms with Crippen molar-refractivity contribution in [1.82, 2.24) is 0 Å². The van der Waals surface area contributed by atoms with E-state index in [0.717, 1.165) is 9.75 Å². The Morgan fingerprint density at radius 2 is 2.07 bits per heavy atom. The summed E-state index contributed by atoms with van der Waals surface area (Å²) < 4.78 is 0. The summed E-state index contributed by atoms with van der Waals surface area (Å²) in [5, 5.41) is 0. The Morgan fingerprint density at radius 3 is 2.67 bits per heavy atom. The molecular formula is C12H11NOS. The maximum absolute atomic E-state index is 12.0. The first-order valence-corrected chi connectivity index (χ1v) is 5.45. The molecule has 0 atom stereocenters. The minimum Gasteiger partial charge on any atom is -0.399 e. The average molecular weight is 217 g/mol. The number of carbonyl (C=O) groups excluding carboxylic acids is 1. The smallest absolute Gasteiger partial charge is 0.203 e. The van der Waals surface area contributed by atoms with Crippen LogP contribution in [0, 0.1) is 6.92 Å². The molecule has 0 radical (unpaired) electrons. The van der Waals surface area contributed by atoms with Gasteiger partial charge in [-0.2, -0.15) is 0 Å². The molecule has 1 aromatic carbocycles. The van der Waals surface area contributed by atoms with E-state index in [1.807, 2.05) is 19.1 Å². The molecule has 2 N–H and O–H groups in total. The molecule has 76 valence electrons. The number of ketones is 1. The van der Waals surface area contributed by atoms with Crippen molar-refractivity contribution in [2.75, 3.05) is 5.73 Å². The van der Waals surface area contributed by atoms with E-state index in [2.05, 4.69) is 0 Å². The molecule has 1 aromatic heterocycles. The lowest BCUT2D eigenvalue weighted by molar-refractivity contribution is 0.104. The third-order valence-electron chi connectivity index (χ3n) is 2.11. The van der Waals surface area contributed by atoms with Crippen LogP contribution in [-0.4, -0.2) is 5.78 Å². The van der Waals surface area contributed by atoms with Crippen LogP contribution in [0.25, 0.3) is 0 Å². The van der Waals surface area contributed by atoms with Crippen LogP contribution in [0.5, 0.6) is 0 Å². The largest absolute Gasteiger partial charge is 0.399 e. The summed E-state index contributed by atoms with van der Waals surface area (Å²) in [6.45, 7) is 1.99. The highest BCUT2D eigenvalue weighted by Gasteiger charge is 2.10. The first-order chi connectivity index (χ1) is 7.16. The van der Waals surface area contributed by atoms with Crippen molar-refractivity contribution in [3.63, 3.8) is 0 Å². The first-order valence-electron chi connectivity index (χ1n) is 4.63. The number of aryl methyl sites for hydroxylation is 1. The second-order valence-electron chi connectivity index (χ2n) is 3.36. The van der Waals surface area contributed by atoms with E-state index >= 15 is 0 Å². The number of benzene rings is 1. The van der Waals surface area contributed by atoms with Gasteiger partial charge in [0.2, 0.25) is 5.78 Å². The van der Waals surface area contributed by atoms with Crippen LogP contribution in [0.3, 0.4) is 0 Å². The fourth-order valence-electron chi connectivity index (χ4n) is 1.38. The quantitative estimate of drug-likeness (QED) is 0.621. The van der Waals surface area contributed by atoms with Crippen LogP contribution in [0.4, 0.5) is 5.69 Å². The minimum absolute atomic E-state index is 0.0420. The summed E-state index contributed by atoms with van der Waals surface area (Å²) in [5.41, 5.74) is 6.90. The van der Waals surface area contributed by atoms with Gasteiger partial charge in [-0.05, 0) is 31.2 Å². The van der Waals surface area contributed by atoms with Crippen LogP contribution in [0.15, 0.2) is 36.4 Å². The van der Waals surface area contributed by atoms with Crippen molar-refractivity contribution in [3.8, 4) is 0 Å². The molecule has 0 fully saturated rings. The monoisotopic (exact) mass is 217 g/mol. The Balaban J connectivity index is 2.36. The molecule has 1 heterocycles. The summed E-state index contributed by atoms with van der Waals surface area (Å²) in [7, 11) is 0. The number of nitrogen functional groups attached to an aromatic ring is 1. The van der Waals surface area contributed by atoms with Gasteiger partial charge in [-0.1, -0.05) is 12.1 Å². The predicted octanol–water partition coefficient (Wildman–Crippen LogP) is 2.87. The van der Waals surface area contributed by atoms with Crippen LogP contribution in [-0.2, 0) is 0 Å². The third kappa shape index (κ3) is 2.07. The van der Waals surface area contributed by atoms with Gasteiger partial charge in [0.15, 0.2) is 0 Å². The van der Waals surface area contributed by atoms with Crippen molar-refractivity contribution >= 4 is 22.8 Å². The number of rotatable bonds is 2. The van der Waals surface area contributed by atoms with Crippen LogP contribution in [0.1, 0.15) is 20.1 Å². The highest BCUT2D eigenvalue weighted by molar-refractivity contribution is 7.14. The van der Waals surface area contributed by atoms with Crippen LogP contribution < -0.4 is 5.73 Å². The second-order valence-corrected chi connectivity index (χ2v) is 4.65. The Morgan fingerprint density at radius 1 is 1.27 bits per heavy atom. The van der Waals surface area contributed by atoms with E-state index in [4.69, 9.17) is 5.73 Å². The van der Waals surface area contributed by atoms with Gasteiger partial charge < -0.3 is 5.73 Å². The number of thiophene rings is 1. The molecule has 15 heavy (non-hydrogen) atoms. The van der Waals surface area contributed by atoms with Crippen LogP contribution in [0.2, 0.25) is 0 Å². The molecule has 0 aliphatic rings. The van der Waals surface area contributed by atoms with E-state index in [1.54, 1.807) is 24.3 Å². The van der Waals surface area contributed by atoms with Gasteiger partial charge in [0.1, 0.15) is 0 Å². The molecule has 2 rings (SSSR count). The molecule has 0 saturated heterocycles. The Hall–Kier alpha value is -1.61. The maximum atomic E-state index is 12.0. The van der Waals surface area contributed by atoms with Crippen molar-refractivity contribution < 1.29 is 4.79 Å². The summed E-state index contributed by atoms with van der Waals surface area (Å²) in [5.74, 6) is 0.0420. The summed E-state index contributed by atoms with van der Waals surface area (Å²) >= 11 is 1.51. The van der Waals surface area contributed by atoms with Gasteiger partial charge in [0.25, 0.3) is 0 Å². The Kier molecular flexibility index (Phi) is 2.56. The molecular weight excluding hydrogens is 206 g/mol. The molecule has 2 aromatic rings. The molecule has 0 amide bonds. The van der Waals surface area contributed by atoms with E-state index in [9.17, 15) is 4.79 Å². The summed E-state index contributed by atoms with van der Waals surface area (Å²) in [4.78, 5) is 13.9. The molecule has 3 heteroatoms. The first kappa shape index (κ1) is 9.93. The zero-order valence-electron chi connectivity index (χ0n) is 8.36. The van der Waals surface area contributed by atoms with Gasteiger partial charge in [0, 0.05) is 16.1 Å². The lowest BCUT2D eigenvalue weighted by atomic mass is 10.1. The fourth-order valence-corrected chi connectivity index (χ4v) is 2.21. The maximum Gasteiger partial charge on any atom is 0.203 e. The van der Waals surface area contributed by atoms with Crippen molar-refractivity contribution in [1.29, 1.82) is 0 Å². The van der Waals surface area contributed by atoms with E-state index in [1.165, 1.54) is 11.3 Å². The third-order valence-corrected chi connectivity index (χ3v) is 3.11. The number of hydrogen-bond acceptors (Lipinski definition) is 3. The van der Waals surface area contributed by atoms with Crippen LogP contribution >= 0.6 is 11.3 Å². The molecule has 0 bridgehead atoms. The van der Waals surface area contributed by atoms with Gasteiger partial charge in [0.05, 0.1) is 4.88 Å². The highest BCUT2D eigenvalue weighted by Crippen LogP contribution is 2.19. The Bertz CT molecular complexity index is 502. The van der Waals surface area contributed by atoms with Gasteiger partial charge in [-0.25, -0.2) is 0 Å². The van der Waals surface area contributed by atoms with Crippen molar-refractivity contribution in [2.45, 2.75) is 6.92 Å². The molecule has 0 saturated carbocycles. The van der Waals surface area contributed by atoms with Gasteiger partial charge >= 0.3 is 0 Å². The molecule has 0 spiro atoms. The van der Waals surface area contributed by atoms with E-state index in [0.29, 0.717) is 11.3 Å². The number of anilines is 1. The molecule has 0 aliphatic heterocycles. The average Bonchev–Trinajstić information content (AvgIpc) is 2.64. The van der Waals surface area contributed by atoms with Crippen molar-refractivity contribution in [2.24, 2.45) is 0 Å². The zero-order chi connectivity index (χ0) is 10.8. The molecule has 0 unspecified atom stereocenters. The topological polar surface area (TPSA) is 43.1 Å². The highest BCUT2D eigenvalue weighted by atomic mass is 32.1. The lowest BCUT2D eigenvalue weighted by Gasteiger charge is -1.99. The van der Waals surface area contributed by atoms with Gasteiger partial charge in [-0.3, -0.25) is 4.79 Å². The zero-order valence-corrected chi connectivity index (χ0v) is 9.17. The van der Waals surface area contributed by atoms with Crippen molar-refractivity contribution in [3.05, 3.63) is 51.7 Å². The van der Waals surface area contributed by atoms with E-state index in [-0.39, 0.29) is 5.78 Å². The predicted molar refractivity (Wildman–Crippen MR) is 63.3 cm³/mol. The number of hydrogen-bond donors (Lipinski definition) is 1. The standard InChI is InChI=1S/C12H11NOS/c1-8-5-6-11(15-8)12(14)9-3-2-4-10(13)7-9/h2-7H,13H2,1H3. The van der Waals surface area contributed by atoms with E-state index < -0.39 is 0 Å². The minimum atomic E-state index is 0.0420. The van der Waals surface area contributed by atoms with Gasteiger partial charge in [-0.15, -0.1) is 11.3 Å². The number of carbonyl (C=O) groups is 1. The second kappa shape index (κ2) is 3.87. The lowest BCUT2D eigenvalue weighted by Crippen LogP contribution is -1.99. The number of nitrogens with two attached hydrogens (primary N) is 1. The Labute approximate surface area is 92.4 Å². The normalized spacial score (nSPS) is 10.2. The molecule has 2 nitrogen and oxygen atoms in total. The summed E-state index contributed by atoms with van der Waals surface area (Å²) in [6.07, 6.45) is 0. The fraction of sp³-hybridized carbons (Fsp3) is 0.0833. The SMILES string of the molecule is Cc1ccc(C(=O)c2cccc(N)c2)s1. The summed E-state index contributed by atoms with van der Waals surface area (Å²) in [6, 6.07) is 10.9.